The van der Waals surface area contributed by atoms with Crippen LogP contribution in [0, 0.1) is 0 Å². The Balaban J connectivity index is 4.95. The van der Waals surface area contributed by atoms with Crippen LogP contribution in [-0.4, -0.2) is 38.0 Å². The molecule has 0 aliphatic carbocycles. The lowest BCUT2D eigenvalue weighted by Gasteiger charge is -2.30. The predicted molar refractivity (Wildman–Crippen MR) is 52.2 cm³/mol. The van der Waals surface area contributed by atoms with Gasteiger partial charge in [-0.25, -0.2) is 4.39 Å². The van der Waals surface area contributed by atoms with Gasteiger partial charge < -0.3 is 9.47 Å². The van der Waals surface area contributed by atoms with E-state index in [-0.39, 0.29) is 13.4 Å². The Morgan fingerprint density at radius 3 is 1.79 bits per heavy atom. The van der Waals surface area contributed by atoms with Gasteiger partial charge in [0.05, 0.1) is 6.61 Å². The first-order valence-electron chi connectivity index (χ1n) is 5.13. The number of rotatable bonds is 6. The van der Waals surface area contributed by atoms with Crippen molar-refractivity contribution in [3.8, 4) is 0 Å². The molecule has 0 unspecified atom stereocenters. The lowest BCUT2D eigenvalue weighted by atomic mass is 9.95. The lowest BCUT2D eigenvalue weighted by Crippen LogP contribution is -2.54. The van der Waals surface area contributed by atoms with Crippen molar-refractivity contribution in [1.82, 2.24) is 0 Å². The van der Waals surface area contributed by atoms with Gasteiger partial charge in [0, 0.05) is 6.61 Å². The summed E-state index contributed by atoms with van der Waals surface area (Å²) in [6.45, 7) is 1.36. The van der Waals surface area contributed by atoms with Crippen LogP contribution >= 0.6 is 0 Å². The zero-order valence-corrected chi connectivity index (χ0v) is 10.2. The average Bonchev–Trinajstić information content (AvgIpc) is 2.24. The number of ether oxygens (including phenoxy) is 2. The van der Waals surface area contributed by atoms with E-state index in [1.807, 2.05) is 0 Å². The van der Waals surface area contributed by atoms with E-state index in [0.717, 1.165) is 0 Å². The Labute approximate surface area is 105 Å². The van der Waals surface area contributed by atoms with E-state index in [2.05, 4.69) is 9.47 Å². The van der Waals surface area contributed by atoms with Crippen LogP contribution < -0.4 is 0 Å². The first-order valence-corrected chi connectivity index (χ1v) is 5.13. The molecule has 0 fully saturated rings. The van der Waals surface area contributed by atoms with Gasteiger partial charge >= 0.3 is 18.0 Å². The summed E-state index contributed by atoms with van der Waals surface area (Å²) in [4.78, 5) is 0. The third kappa shape index (κ3) is 4.34. The molecule has 0 heterocycles. The Hall–Kier alpha value is -0.830. The number of halogens is 7. The molecule has 0 N–H and O–H groups in total. The molecule has 0 aromatic rings. The zero-order valence-electron chi connectivity index (χ0n) is 10.2. The van der Waals surface area contributed by atoms with Gasteiger partial charge in [-0.05, 0) is 19.4 Å². The van der Waals surface area contributed by atoms with E-state index in [0.29, 0.717) is 13.0 Å². The van der Waals surface area contributed by atoms with Crippen LogP contribution in [0.3, 0.4) is 0 Å². The second-order valence-corrected chi connectivity index (χ2v) is 3.52. The minimum atomic E-state index is -6.09. The summed E-state index contributed by atoms with van der Waals surface area (Å²) in [5.41, 5.74) is -6.90. The molecule has 114 valence electrons. The standard InChI is InChI=1S/C10H13F7O2/c1-3-18-6-19-5-4-7(2)8(11,9(12,13)14)10(15,16)17/h4H,3,5-6H2,1-2H3/b7-4+. The Morgan fingerprint density at radius 1 is 0.947 bits per heavy atom. The van der Waals surface area contributed by atoms with Crippen LogP contribution in [0.4, 0.5) is 30.7 Å². The maximum atomic E-state index is 13.4. The van der Waals surface area contributed by atoms with Crippen molar-refractivity contribution in [2.24, 2.45) is 0 Å². The second kappa shape index (κ2) is 6.56. The molecule has 0 aliphatic heterocycles. The van der Waals surface area contributed by atoms with Crippen LogP contribution in [0.5, 0.6) is 0 Å². The summed E-state index contributed by atoms with van der Waals surface area (Å²) in [6.07, 6.45) is -11.8. The molecule has 19 heavy (non-hydrogen) atoms. The maximum Gasteiger partial charge on any atom is 0.435 e. The number of allylic oxidation sites excluding steroid dienone is 1. The predicted octanol–water partition coefficient (Wildman–Crippen LogP) is 3.78. The number of hydrogen-bond acceptors (Lipinski definition) is 2. The normalized spacial score (nSPS) is 14.9. The van der Waals surface area contributed by atoms with Crippen molar-refractivity contribution in [1.29, 1.82) is 0 Å². The van der Waals surface area contributed by atoms with E-state index in [1.165, 1.54) is 0 Å². The highest BCUT2D eigenvalue weighted by molar-refractivity contribution is 5.21. The van der Waals surface area contributed by atoms with E-state index in [4.69, 9.17) is 0 Å². The molecule has 0 rings (SSSR count). The van der Waals surface area contributed by atoms with Crippen molar-refractivity contribution in [3.05, 3.63) is 11.6 Å². The molecular weight excluding hydrogens is 285 g/mol. The highest BCUT2D eigenvalue weighted by Gasteiger charge is 2.73. The molecule has 9 heteroatoms. The fourth-order valence-electron chi connectivity index (χ4n) is 1.12. The van der Waals surface area contributed by atoms with Gasteiger partial charge in [-0.1, -0.05) is 6.08 Å². The molecule has 2 nitrogen and oxygen atoms in total. The minimum absolute atomic E-state index is 0.265. The Bertz CT molecular complexity index is 292. The van der Waals surface area contributed by atoms with Gasteiger partial charge in [0.2, 0.25) is 0 Å². The molecule has 0 aliphatic rings. The van der Waals surface area contributed by atoms with Crippen LogP contribution in [-0.2, 0) is 9.47 Å². The molecule has 0 saturated heterocycles. The van der Waals surface area contributed by atoms with Crippen LogP contribution in [0.15, 0.2) is 11.6 Å². The highest BCUT2D eigenvalue weighted by atomic mass is 19.4. The maximum absolute atomic E-state index is 13.4. The van der Waals surface area contributed by atoms with E-state index in [9.17, 15) is 30.7 Å². The Morgan fingerprint density at radius 2 is 1.42 bits per heavy atom. The van der Waals surface area contributed by atoms with E-state index >= 15 is 0 Å². The molecule has 0 aromatic carbocycles. The van der Waals surface area contributed by atoms with Gasteiger partial charge in [-0.2, -0.15) is 26.3 Å². The smallest absolute Gasteiger partial charge is 0.356 e. The van der Waals surface area contributed by atoms with E-state index in [1.54, 1.807) is 6.92 Å². The average molecular weight is 298 g/mol. The molecular formula is C10H13F7O2. The summed E-state index contributed by atoms with van der Waals surface area (Å²) in [7, 11) is 0. The van der Waals surface area contributed by atoms with Crippen LogP contribution in [0.2, 0.25) is 0 Å². The molecule has 0 saturated carbocycles. The van der Waals surface area contributed by atoms with Crippen molar-refractivity contribution >= 4 is 0 Å². The Kier molecular flexibility index (Phi) is 6.27. The van der Waals surface area contributed by atoms with Crippen LogP contribution in [0.1, 0.15) is 13.8 Å². The summed E-state index contributed by atoms with van der Waals surface area (Å²) in [6, 6.07) is 0. The van der Waals surface area contributed by atoms with Crippen molar-refractivity contribution in [2.45, 2.75) is 31.9 Å². The second-order valence-electron chi connectivity index (χ2n) is 3.52. The summed E-state index contributed by atoms with van der Waals surface area (Å²) < 4.78 is 96.3. The van der Waals surface area contributed by atoms with Crippen LogP contribution in [0.25, 0.3) is 0 Å². The molecule has 0 aromatic heterocycles. The quantitative estimate of drug-likeness (QED) is 0.321. The highest BCUT2D eigenvalue weighted by Crippen LogP contribution is 2.50. The lowest BCUT2D eigenvalue weighted by molar-refractivity contribution is -0.326. The van der Waals surface area contributed by atoms with Crippen molar-refractivity contribution < 1.29 is 40.2 Å². The molecule has 0 amide bonds. The summed E-state index contributed by atoms with van der Waals surface area (Å²) >= 11 is 0. The van der Waals surface area contributed by atoms with Gasteiger partial charge in [-0.15, -0.1) is 0 Å². The molecule has 0 bridgehead atoms. The van der Waals surface area contributed by atoms with Gasteiger partial charge in [0.15, 0.2) is 0 Å². The fraction of sp³-hybridized carbons (Fsp3) is 0.800. The molecule has 0 spiro atoms. The van der Waals surface area contributed by atoms with Crippen molar-refractivity contribution in [2.75, 3.05) is 20.0 Å². The summed E-state index contributed by atoms with van der Waals surface area (Å²) in [5.74, 6) is 0. The monoisotopic (exact) mass is 298 g/mol. The van der Waals surface area contributed by atoms with Gasteiger partial charge in [0.1, 0.15) is 6.79 Å². The summed E-state index contributed by atoms with van der Waals surface area (Å²) in [5, 5.41) is 0. The number of hydrogen-bond donors (Lipinski definition) is 0. The van der Waals surface area contributed by atoms with Crippen molar-refractivity contribution in [3.63, 3.8) is 0 Å². The topological polar surface area (TPSA) is 18.5 Å². The van der Waals surface area contributed by atoms with Gasteiger partial charge in [0.25, 0.3) is 0 Å². The third-order valence-corrected chi connectivity index (χ3v) is 2.20. The largest absolute Gasteiger partial charge is 0.435 e. The molecule has 0 atom stereocenters. The third-order valence-electron chi connectivity index (χ3n) is 2.20. The first-order chi connectivity index (χ1) is 8.48. The SMILES string of the molecule is CCOCOC/C=C(\C)C(F)(C(F)(F)F)C(F)(F)F. The van der Waals surface area contributed by atoms with E-state index < -0.39 is 30.2 Å². The molecule has 0 radical (unpaired) electrons. The zero-order chi connectivity index (χ0) is 15.3. The minimum Gasteiger partial charge on any atom is -0.356 e. The fourth-order valence-corrected chi connectivity index (χ4v) is 1.12. The van der Waals surface area contributed by atoms with Gasteiger partial charge in [-0.3, -0.25) is 0 Å². The number of alkyl halides is 7. The first kappa shape index (κ1) is 18.2.